The van der Waals surface area contributed by atoms with Gasteiger partial charge in [0.15, 0.2) is 0 Å². The molecule has 0 unspecified atom stereocenters. The van der Waals surface area contributed by atoms with Crippen molar-refractivity contribution in [1.82, 2.24) is 10.3 Å². The molecule has 0 fully saturated rings. The van der Waals surface area contributed by atoms with E-state index in [-0.39, 0.29) is 18.2 Å². The van der Waals surface area contributed by atoms with E-state index >= 15 is 0 Å². The Morgan fingerprint density at radius 1 is 1.14 bits per heavy atom. The van der Waals surface area contributed by atoms with Gasteiger partial charge in [-0.15, -0.1) is 0 Å². The summed E-state index contributed by atoms with van der Waals surface area (Å²) in [4.78, 5) is 24.3. The molecule has 1 aromatic carbocycles. The number of carbonyl (C=O) groups is 2. The smallest absolute Gasteiger partial charge is 0.243 e. The molecule has 0 saturated heterocycles. The number of hydrazone groups is 1. The lowest BCUT2D eigenvalue weighted by Crippen LogP contribution is -2.35. The van der Waals surface area contributed by atoms with Crippen molar-refractivity contribution >= 4 is 17.5 Å². The monoisotopic (exact) mass is 381 g/mol. The minimum Gasteiger partial charge on any atom is -0.356 e. The average Bonchev–Trinajstić information content (AvgIpc) is 2.74. The summed E-state index contributed by atoms with van der Waals surface area (Å²) in [5.74, 6) is -0.0204. The van der Waals surface area contributed by atoms with Crippen LogP contribution in [0.4, 0.5) is 0 Å². The van der Waals surface area contributed by atoms with E-state index < -0.39 is 0 Å². The maximum Gasteiger partial charge on any atom is 0.243 e. The molecule has 1 aromatic rings. The summed E-state index contributed by atoms with van der Waals surface area (Å²) in [6, 6.07) is 8.35. The first-order valence-corrected chi connectivity index (χ1v) is 10.6. The number of nitrogens with one attached hydrogen (secondary N) is 1. The zero-order valence-electron chi connectivity index (χ0n) is 16.9. The second-order valence-electron chi connectivity index (χ2n) is 7.57. The predicted octanol–water partition coefficient (Wildman–Crippen LogP) is 3.97. The molecule has 2 amide bonds. The molecule has 1 aliphatic heterocycles. The summed E-state index contributed by atoms with van der Waals surface area (Å²) in [5.41, 5.74) is 4.72. The molecule has 1 N–H and O–H groups in total. The van der Waals surface area contributed by atoms with Gasteiger partial charge in [0.1, 0.15) is 0 Å². The standard InChI is InChI=1S/C23H31N3O2/c1-2-18-8-10-20(11-9-18)21-12-13-23(28)26(25-21)17-15-22(27)24-16-14-19-6-4-3-5-7-19/h6,8-11H,2-5,7,12-17H2,1H3,(H,24,27). The second-order valence-corrected chi connectivity index (χ2v) is 7.57. The fourth-order valence-corrected chi connectivity index (χ4v) is 3.71. The largest absolute Gasteiger partial charge is 0.356 e. The van der Waals surface area contributed by atoms with Gasteiger partial charge in [-0.2, -0.15) is 5.10 Å². The number of hydrogen-bond donors (Lipinski definition) is 1. The highest BCUT2D eigenvalue weighted by Crippen LogP contribution is 2.19. The maximum absolute atomic E-state index is 12.2. The summed E-state index contributed by atoms with van der Waals surface area (Å²) >= 11 is 0. The highest BCUT2D eigenvalue weighted by atomic mass is 16.2. The van der Waals surface area contributed by atoms with E-state index in [1.54, 1.807) is 0 Å². The van der Waals surface area contributed by atoms with E-state index in [9.17, 15) is 9.59 Å². The number of amides is 2. The number of allylic oxidation sites excluding steroid dienone is 1. The number of carbonyl (C=O) groups excluding carboxylic acids is 2. The Morgan fingerprint density at radius 2 is 1.96 bits per heavy atom. The highest BCUT2D eigenvalue weighted by molar-refractivity contribution is 6.04. The van der Waals surface area contributed by atoms with Gasteiger partial charge in [0.25, 0.3) is 0 Å². The third kappa shape index (κ3) is 5.78. The first-order valence-electron chi connectivity index (χ1n) is 10.6. The lowest BCUT2D eigenvalue weighted by molar-refractivity contribution is -0.132. The lowest BCUT2D eigenvalue weighted by atomic mass is 9.97. The molecule has 150 valence electrons. The first-order chi connectivity index (χ1) is 13.7. The molecule has 0 radical (unpaired) electrons. The van der Waals surface area contributed by atoms with Crippen molar-refractivity contribution in [3.63, 3.8) is 0 Å². The van der Waals surface area contributed by atoms with Crippen LogP contribution >= 0.6 is 0 Å². The Balaban J connectivity index is 1.48. The van der Waals surface area contributed by atoms with Gasteiger partial charge >= 0.3 is 0 Å². The van der Waals surface area contributed by atoms with Crippen LogP contribution in [0.25, 0.3) is 0 Å². The molecule has 2 aliphatic rings. The van der Waals surface area contributed by atoms with Crippen molar-refractivity contribution in [2.24, 2.45) is 5.10 Å². The molecule has 0 saturated carbocycles. The first kappa shape index (κ1) is 20.3. The normalized spacial score (nSPS) is 17.2. The van der Waals surface area contributed by atoms with Crippen LogP contribution in [0.5, 0.6) is 0 Å². The van der Waals surface area contributed by atoms with Gasteiger partial charge in [0.05, 0.1) is 12.3 Å². The molecule has 5 heteroatoms. The van der Waals surface area contributed by atoms with Gasteiger partial charge in [-0.05, 0) is 49.7 Å². The van der Waals surface area contributed by atoms with E-state index in [2.05, 4.69) is 47.7 Å². The van der Waals surface area contributed by atoms with Gasteiger partial charge < -0.3 is 5.32 Å². The van der Waals surface area contributed by atoms with Crippen molar-refractivity contribution in [3.05, 3.63) is 47.0 Å². The van der Waals surface area contributed by atoms with Crippen LogP contribution in [0.15, 0.2) is 41.0 Å². The van der Waals surface area contributed by atoms with Crippen molar-refractivity contribution in [3.8, 4) is 0 Å². The average molecular weight is 382 g/mol. The van der Waals surface area contributed by atoms with E-state index in [0.29, 0.717) is 25.9 Å². The van der Waals surface area contributed by atoms with E-state index in [1.807, 2.05) is 0 Å². The van der Waals surface area contributed by atoms with Gasteiger partial charge in [-0.3, -0.25) is 9.59 Å². The third-order valence-corrected chi connectivity index (χ3v) is 5.50. The number of hydrogen-bond acceptors (Lipinski definition) is 3. The molecule has 3 rings (SSSR count). The van der Waals surface area contributed by atoms with Crippen LogP contribution in [0, 0.1) is 0 Å². The van der Waals surface area contributed by atoms with E-state index in [1.165, 1.54) is 35.4 Å². The fourth-order valence-electron chi connectivity index (χ4n) is 3.71. The molecule has 5 nitrogen and oxygen atoms in total. The van der Waals surface area contributed by atoms with Gasteiger partial charge in [-0.1, -0.05) is 42.8 Å². The van der Waals surface area contributed by atoms with E-state index in [4.69, 9.17) is 0 Å². The Bertz CT molecular complexity index is 750. The summed E-state index contributed by atoms with van der Waals surface area (Å²) in [6.07, 6.45) is 10.5. The van der Waals surface area contributed by atoms with Crippen LogP contribution in [-0.4, -0.2) is 35.6 Å². The number of aryl methyl sites for hydroxylation is 1. The summed E-state index contributed by atoms with van der Waals surface area (Å²) in [6.45, 7) is 3.14. The molecule has 0 bridgehead atoms. The van der Waals surface area contributed by atoms with Crippen LogP contribution in [0.3, 0.4) is 0 Å². The van der Waals surface area contributed by atoms with Crippen molar-refractivity contribution in [2.75, 3.05) is 13.1 Å². The number of benzene rings is 1. The summed E-state index contributed by atoms with van der Waals surface area (Å²) in [5, 5.41) is 8.97. The van der Waals surface area contributed by atoms with Crippen LogP contribution in [-0.2, 0) is 16.0 Å². The molecule has 0 spiro atoms. The van der Waals surface area contributed by atoms with Crippen molar-refractivity contribution in [2.45, 2.75) is 64.7 Å². The Hall–Kier alpha value is -2.43. The predicted molar refractivity (Wildman–Crippen MR) is 112 cm³/mol. The summed E-state index contributed by atoms with van der Waals surface area (Å²) in [7, 11) is 0. The minimum absolute atomic E-state index is 0.00547. The summed E-state index contributed by atoms with van der Waals surface area (Å²) < 4.78 is 0. The zero-order chi connectivity index (χ0) is 19.8. The van der Waals surface area contributed by atoms with Crippen molar-refractivity contribution in [1.29, 1.82) is 0 Å². The number of rotatable bonds is 8. The van der Waals surface area contributed by atoms with Crippen LogP contribution < -0.4 is 5.32 Å². The quantitative estimate of drug-likeness (QED) is 0.693. The van der Waals surface area contributed by atoms with E-state index in [0.717, 1.165) is 30.5 Å². The molecule has 1 heterocycles. The number of nitrogens with zero attached hydrogens (tertiary/aromatic N) is 2. The van der Waals surface area contributed by atoms with Gasteiger partial charge in [0.2, 0.25) is 11.8 Å². The molecule has 0 aromatic heterocycles. The molecular formula is C23H31N3O2. The third-order valence-electron chi connectivity index (χ3n) is 5.50. The Morgan fingerprint density at radius 3 is 2.68 bits per heavy atom. The fraction of sp³-hybridized carbons (Fsp3) is 0.522. The Kier molecular flexibility index (Phi) is 7.40. The highest BCUT2D eigenvalue weighted by Gasteiger charge is 2.21. The SMILES string of the molecule is CCc1ccc(C2=NN(CCC(=O)NCCC3=CCCCC3)C(=O)CC2)cc1. The Labute approximate surface area is 167 Å². The van der Waals surface area contributed by atoms with Gasteiger partial charge in [-0.25, -0.2) is 5.01 Å². The van der Waals surface area contributed by atoms with Crippen LogP contribution in [0.1, 0.15) is 69.4 Å². The maximum atomic E-state index is 12.2. The van der Waals surface area contributed by atoms with Crippen LogP contribution in [0.2, 0.25) is 0 Å². The topological polar surface area (TPSA) is 61.8 Å². The molecule has 0 atom stereocenters. The minimum atomic E-state index is -0.0150. The molecular weight excluding hydrogens is 350 g/mol. The van der Waals surface area contributed by atoms with Crippen molar-refractivity contribution < 1.29 is 9.59 Å². The zero-order valence-corrected chi connectivity index (χ0v) is 16.9. The lowest BCUT2D eigenvalue weighted by Gasteiger charge is -2.23. The molecule has 1 aliphatic carbocycles. The second kappa shape index (κ2) is 10.2. The molecule has 28 heavy (non-hydrogen) atoms. The van der Waals surface area contributed by atoms with Gasteiger partial charge in [0, 0.05) is 25.8 Å².